The minimum atomic E-state index is -0.823. The van der Waals surface area contributed by atoms with Crippen LogP contribution in [0.5, 0.6) is 5.75 Å². The average Bonchev–Trinajstić information content (AvgIpc) is 3.62. The third-order valence-electron chi connectivity index (χ3n) is 7.67. The Labute approximate surface area is 213 Å². The number of rotatable bonds is 13. The molecule has 9 heteroatoms. The van der Waals surface area contributed by atoms with Gasteiger partial charge in [0.05, 0.1) is 32.3 Å². The number of unbranched alkanes of at least 4 members (excludes halogenated alkanes) is 1. The number of aliphatic carboxylic acids is 1. The van der Waals surface area contributed by atoms with E-state index in [2.05, 4.69) is 17.9 Å². The SMILES string of the molecule is CCCCN(CCCN)C(=O)CN1C[C@H](c2ccc3c(c2)CCO3)C(C(=O)O)[C@@H]1CCC1OCCO1. The molecule has 3 heterocycles. The van der Waals surface area contributed by atoms with Gasteiger partial charge in [-0.3, -0.25) is 14.5 Å². The predicted molar refractivity (Wildman–Crippen MR) is 135 cm³/mol. The van der Waals surface area contributed by atoms with Gasteiger partial charge in [-0.25, -0.2) is 0 Å². The summed E-state index contributed by atoms with van der Waals surface area (Å²) in [4.78, 5) is 30.1. The van der Waals surface area contributed by atoms with E-state index in [0.29, 0.717) is 58.8 Å². The van der Waals surface area contributed by atoms with Crippen molar-refractivity contribution in [3.63, 3.8) is 0 Å². The van der Waals surface area contributed by atoms with Crippen molar-refractivity contribution in [2.75, 3.05) is 52.5 Å². The van der Waals surface area contributed by atoms with Crippen molar-refractivity contribution in [1.82, 2.24) is 9.80 Å². The monoisotopic (exact) mass is 503 g/mol. The number of carboxylic acid groups (broad SMARTS) is 1. The standard InChI is InChI=1S/C27H41N3O6/c1-2-3-11-29(12-4-10-28)24(31)18-30-17-21(19-5-7-23-20(16-19)9-13-34-23)26(27(32)33)22(30)6-8-25-35-14-15-36-25/h5,7,16,21-22,25-26H,2-4,6,8-15,17-18,28H2,1H3,(H,32,33)/t21-,22+,26?/m1/s1. The number of carboxylic acids is 1. The lowest BCUT2D eigenvalue weighted by atomic mass is 9.83. The Kier molecular flexibility index (Phi) is 9.59. The maximum absolute atomic E-state index is 13.4. The first kappa shape index (κ1) is 26.9. The summed E-state index contributed by atoms with van der Waals surface area (Å²) >= 11 is 0. The van der Waals surface area contributed by atoms with Crippen molar-refractivity contribution in [1.29, 1.82) is 0 Å². The zero-order chi connectivity index (χ0) is 25.5. The fourth-order valence-corrected chi connectivity index (χ4v) is 5.77. The summed E-state index contributed by atoms with van der Waals surface area (Å²) in [6.45, 7) is 6.50. The van der Waals surface area contributed by atoms with Gasteiger partial charge in [-0.15, -0.1) is 0 Å². The maximum atomic E-state index is 13.4. The highest BCUT2D eigenvalue weighted by atomic mass is 16.7. The van der Waals surface area contributed by atoms with Crippen LogP contribution in [0.4, 0.5) is 0 Å². The largest absolute Gasteiger partial charge is 0.493 e. The molecule has 0 radical (unpaired) electrons. The first-order valence-corrected chi connectivity index (χ1v) is 13.4. The van der Waals surface area contributed by atoms with Crippen LogP contribution in [0.1, 0.15) is 56.1 Å². The van der Waals surface area contributed by atoms with E-state index in [-0.39, 0.29) is 30.7 Å². The predicted octanol–water partition coefficient (Wildman–Crippen LogP) is 2.22. The Hall–Kier alpha value is -2.20. The van der Waals surface area contributed by atoms with Crippen LogP contribution in [0.2, 0.25) is 0 Å². The summed E-state index contributed by atoms with van der Waals surface area (Å²) in [6, 6.07) is 5.77. The Balaban J connectivity index is 1.55. The molecule has 4 rings (SSSR count). The molecule has 1 amide bonds. The molecular weight excluding hydrogens is 462 g/mol. The van der Waals surface area contributed by atoms with Crippen molar-refractivity contribution < 1.29 is 28.9 Å². The number of carbonyl (C=O) groups is 2. The molecular formula is C27H41N3O6. The van der Waals surface area contributed by atoms with Crippen LogP contribution in [0.15, 0.2) is 18.2 Å². The second-order valence-electron chi connectivity index (χ2n) is 10.1. The van der Waals surface area contributed by atoms with Gasteiger partial charge >= 0.3 is 5.97 Å². The van der Waals surface area contributed by atoms with E-state index in [9.17, 15) is 14.7 Å². The van der Waals surface area contributed by atoms with Crippen LogP contribution in [0, 0.1) is 5.92 Å². The van der Waals surface area contributed by atoms with Crippen LogP contribution in [-0.2, 0) is 25.5 Å². The lowest BCUT2D eigenvalue weighted by molar-refractivity contribution is -0.144. The minimum absolute atomic E-state index is 0.0439. The van der Waals surface area contributed by atoms with Crippen molar-refractivity contribution in [2.24, 2.45) is 11.7 Å². The maximum Gasteiger partial charge on any atom is 0.308 e. The fourth-order valence-electron chi connectivity index (χ4n) is 5.77. The highest BCUT2D eigenvalue weighted by molar-refractivity contribution is 5.79. The smallest absolute Gasteiger partial charge is 0.308 e. The molecule has 36 heavy (non-hydrogen) atoms. The first-order valence-electron chi connectivity index (χ1n) is 13.4. The van der Waals surface area contributed by atoms with Crippen LogP contribution in [0.25, 0.3) is 0 Å². The van der Waals surface area contributed by atoms with E-state index in [1.54, 1.807) is 0 Å². The average molecular weight is 504 g/mol. The molecule has 0 aliphatic carbocycles. The van der Waals surface area contributed by atoms with Crippen molar-refractivity contribution >= 4 is 11.9 Å². The van der Waals surface area contributed by atoms with E-state index < -0.39 is 11.9 Å². The molecule has 0 bridgehead atoms. The van der Waals surface area contributed by atoms with Gasteiger partial charge in [-0.05, 0) is 49.4 Å². The summed E-state index contributed by atoms with van der Waals surface area (Å²) < 4.78 is 16.9. The number of ether oxygens (including phenoxy) is 3. The van der Waals surface area contributed by atoms with E-state index in [4.69, 9.17) is 19.9 Å². The van der Waals surface area contributed by atoms with Gasteiger partial charge in [0, 0.05) is 38.0 Å². The molecule has 0 spiro atoms. The molecule has 3 aliphatic rings. The minimum Gasteiger partial charge on any atom is -0.493 e. The number of nitrogens with zero attached hydrogens (tertiary/aromatic N) is 2. The van der Waals surface area contributed by atoms with Crippen molar-refractivity contribution in [2.45, 2.75) is 63.7 Å². The highest BCUT2D eigenvalue weighted by Gasteiger charge is 2.47. The van der Waals surface area contributed by atoms with Gasteiger partial charge in [0.15, 0.2) is 6.29 Å². The lowest BCUT2D eigenvalue weighted by Crippen LogP contribution is -2.45. The summed E-state index contributed by atoms with van der Waals surface area (Å²) in [5.41, 5.74) is 7.85. The molecule has 9 nitrogen and oxygen atoms in total. The van der Waals surface area contributed by atoms with Crippen LogP contribution in [0.3, 0.4) is 0 Å². The highest BCUT2D eigenvalue weighted by Crippen LogP contribution is 2.41. The Morgan fingerprint density at radius 2 is 1.92 bits per heavy atom. The molecule has 0 saturated carbocycles. The fraction of sp³-hybridized carbons (Fsp3) is 0.704. The van der Waals surface area contributed by atoms with Crippen molar-refractivity contribution in [3.8, 4) is 5.75 Å². The molecule has 1 aromatic rings. The van der Waals surface area contributed by atoms with Gasteiger partial charge in [0.25, 0.3) is 0 Å². The van der Waals surface area contributed by atoms with Crippen LogP contribution in [-0.4, -0.2) is 91.7 Å². The van der Waals surface area contributed by atoms with Crippen molar-refractivity contribution in [3.05, 3.63) is 29.3 Å². The van der Waals surface area contributed by atoms with Crippen LogP contribution >= 0.6 is 0 Å². The zero-order valence-corrected chi connectivity index (χ0v) is 21.4. The number of hydrogen-bond donors (Lipinski definition) is 2. The molecule has 3 N–H and O–H groups in total. The summed E-state index contributed by atoms with van der Waals surface area (Å²) in [7, 11) is 0. The molecule has 3 aliphatic heterocycles. The molecule has 3 atom stereocenters. The quantitative estimate of drug-likeness (QED) is 0.421. The van der Waals surface area contributed by atoms with Gasteiger partial charge in [0.2, 0.25) is 5.91 Å². The van der Waals surface area contributed by atoms with Gasteiger partial charge < -0.3 is 30.0 Å². The first-order chi connectivity index (χ1) is 17.5. The van der Waals surface area contributed by atoms with Gasteiger partial charge in [-0.2, -0.15) is 0 Å². The normalized spacial score (nSPS) is 24.1. The Bertz CT molecular complexity index is 882. The lowest BCUT2D eigenvalue weighted by Gasteiger charge is -2.30. The second-order valence-corrected chi connectivity index (χ2v) is 10.1. The second kappa shape index (κ2) is 12.9. The van der Waals surface area contributed by atoms with E-state index in [0.717, 1.165) is 42.6 Å². The number of nitrogens with two attached hydrogens (primary N) is 1. The molecule has 2 saturated heterocycles. The summed E-state index contributed by atoms with van der Waals surface area (Å²) in [5, 5.41) is 10.4. The molecule has 1 aromatic carbocycles. The van der Waals surface area contributed by atoms with Gasteiger partial charge in [0.1, 0.15) is 5.75 Å². The van der Waals surface area contributed by atoms with E-state index in [1.807, 2.05) is 17.0 Å². The molecule has 0 aromatic heterocycles. The third kappa shape index (κ3) is 6.37. The van der Waals surface area contributed by atoms with Gasteiger partial charge in [-0.1, -0.05) is 25.5 Å². The van der Waals surface area contributed by atoms with E-state index in [1.165, 1.54) is 0 Å². The Morgan fingerprint density at radius 1 is 1.14 bits per heavy atom. The number of amides is 1. The van der Waals surface area contributed by atoms with E-state index >= 15 is 0 Å². The van der Waals surface area contributed by atoms with Crippen LogP contribution < -0.4 is 10.5 Å². The third-order valence-corrected chi connectivity index (χ3v) is 7.67. The molecule has 2 fully saturated rings. The number of likely N-dealkylation sites (tertiary alicyclic amines) is 1. The number of fused-ring (bicyclic) bond motifs is 1. The summed E-state index contributed by atoms with van der Waals surface area (Å²) in [5.74, 6) is -0.718. The molecule has 200 valence electrons. The topological polar surface area (TPSA) is 115 Å². The number of benzene rings is 1. The number of hydrogen-bond acceptors (Lipinski definition) is 7. The summed E-state index contributed by atoms with van der Waals surface area (Å²) in [6.07, 6.45) is 4.43. The number of carbonyl (C=O) groups excluding carboxylic acids is 1. The zero-order valence-electron chi connectivity index (χ0n) is 21.4. The molecule has 1 unspecified atom stereocenters. The Morgan fingerprint density at radius 3 is 2.64 bits per heavy atom.